The molecule has 0 aromatic heterocycles. The number of methoxy groups -OCH3 is 2. The first kappa shape index (κ1) is 15.4. The highest BCUT2D eigenvalue weighted by Gasteiger charge is 2.10. The number of ether oxygens (including phenoxy) is 2. The Labute approximate surface area is 129 Å². The molecule has 4 nitrogen and oxygen atoms in total. The third kappa shape index (κ3) is 3.76. The number of hydrogen-bond donors (Lipinski definition) is 2. The SMILES string of the molecule is COc1cc(CNc2ccc(O)cc2)c(SC)cc1OC. The van der Waals surface area contributed by atoms with Crippen LogP contribution in [0, 0.1) is 0 Å². The number of nitrogens with one attached hydrogen (secondary N) is 1. The number of hydrogen-bond acceptors (Lipinski definition) is 5. The van der Waals surface area contributed by atoms with Crippen molar-refractivity contribution in [1.82, 2.24) is 0 Å². The largest absolute Gasteiger partial charge is 0.508 e. The van der Waals surface area contributed by atoms with E-state index in [0.717, 1.165) is 27.6 Å². The van der Waals surface area contributed by atoms with Crippen molar-refractivity contribution >= 4 is 17.4 Å². The van der Waals surface area contributed by atoms with Crippen molar-refractivity contribution in [3.63, 3.8) is 0 Å². The fraction of sp³-hybridized carbons (Fsp3) is 0.250. The van der Waals surface area contributed by atoms with E-state index < -0.39 is 0 Å². The molecule has 0 saturated heterocycles. The number of aromatic hydroxyl groups is 1. The summed E-state index contributed by atoms with van der Waals surface area (Å²) in [6.07, 6.45) is 2.03. The minimum absolute atomic E-state index is 0.261. The van der Waals surface area contributed by atoms with E-state index in [1.165, 1.54) is 0 Å². The van der Waals surface area contributed by atoms with Gasteiger partial charge in [-0.1, -0.05) is 0 Å². The molecule has 0 radical (unpaired) electrons. The highest BCUT2D eigenvalue weighted by Crippen LogP contribution is 2.34. The maximum atomic E-state index is 9.29. The van der Waals surface area contributed by atoms with Crippen molar-refractivity contribution in [2.45, 2.75) is 11.4 Å². The topological polar surface area (TPSA) is 50.7 Å². The molecular formula is C16H19NO3S. The molecule has 0 saturated carbocycles. The number of rotatable bonds is 6. The molecule has 0 unspecified atom stereocenters. The van der Waals surface area contributed by atoms with Gasteiger partial charge in [0, 0.05) is 17.1 Å². The lowest BCUT2D eigenvalue weighted by molar-refractivity contribution is 0.353. The van der Waals surface area contributed by atoms with Gasteiger partial charge in [-0.05, 0) is 48.2 Å². The average Bonchev–Trinajstić information content (AvgIpc) is 2.53. The van der Waals surface area contributed by atoms with Gasteiger partial charge in [0.05, 0.1) is 14.2 Å². The van der Waals surface area contributed by atoms with Crippen LogP contribution in [0.3, 0.4) is 0 Å². The van der Waals surface area contributed by atoms with Crippen molar-refractivity contribution in [1.29, 1.82) is 0 Å². The van der Waals surface area contributed by atoms with E-state index >= 15 is 0 Å². The monoisotopic (exact) mass is 305 g/mol. The van der Waals surface area contributed by atoms with Gasteiger partial charge in [-0.2, -0.15) is 0 Å². The number of thioether (sulfide) groups is 1. The van der Waals surface area contributed by atoms with Gasteiger partial charge in [0.2, 0.25) is 0 Å². The Morgan fingerprint density at radius 3 is 2.24 bits per heavy atom. The second kappa shape index (κ2) is 7.13. The summed E-state index contributed by atoms with van der Waals surface area (Å²) in [5.41, 5.74) is 2.09. The third-order valence-electron chi connectivity index (χ3n) is 3.14. The summed E-state index contributed by atoms with van der Waals surface area (Å²) in [7, 11) is 3.27. The maximum Gasteiger partial charge on any atom is 0.161 e. The lowest BCUT2D eigenvalue weighted by Crippen LogP contribution is -2.02. The minimum Gasteiger partial charge on any atom is -0.508 e. The summed E-state index contributed by atoms with van der Waals surface area (Å²) in [6, 6.07) is 11.0. The molecule has 2 N–H and O–H groups in total. The maximum absolute atomic E-state index is 9.29. The Morgan fingerprint density at radius 2 is 1.67 bits per heavy atom. The Bertz CT molecular complexity index is 599. The van der Waals surface area contributed by atoms with Crippen LogP contribution in [0.5, 0.6) is 17.2 Å². The molecule has 0 heterocycles. The molecule has 2 aromatic rings. The van der Waals surface area contributed by atoms with Crippen LogP contribution in [0.2, 0.25) is 0 Å². The molecule has 0 aliphatic rings. The van der Waals surface area contributed by atoms with Crippen molar-refractivity contribution in [3.8, 4) is 17.2 Å². The summed E-state index contributed by atoms with van der Waals surface area (Å²) in [5.74, 6) is 1.71. The van der Waals surface area contributed by atoms with Crippen LogP contribution >= 0.6 is 11.8 Å². The van der Waals surface area contributed by atoms with E-state index in [-0.39, 0.29) is 5.75 Å². The minimum atomic E-state index is 0.261. The van der Waals surface area contributed by atoms with Crippen LogP contribution in [0.25, 0.3) is 0 Å². The molecule has 0 atom stereocenters. The van der Waals surface area contributed by atoms with E-state index in [1.807, 2.05) is 30.5 Å². The number of phenolic OH excluding ortho intramolecular Hbond substituents is 1. The molecule has 0 bridgehead atoms. The first-order valence-electron chi connectivity index (χ1n) is 6.49. The molecule has 21 heavy (non-hydrogen) atoms. The van der Waals surface area contributed by atoms with Crippen LogP contribution in [0.4, 0.5) is 5.69 Å². The molecule has 0 aliphatic heterocycles. The summed E-state index contributed by atoms with van der Waals surface area (Å²) in [5, 5.41) is 12.6. The Kier molecular flexibility index (Phi) is 5.22. The zero-order valence-corrected chi connectivity index (χ0v) is 13.2. The van der Waals surface area contributed by atoms with Gasteiger partial charge >= 0.3 is 0 Å². The lowest BCUT2D eigenvalue weighted by atomic mass is 10.2. The summed E-state index contributed by atoms with van der Waals surface area (Å²) in [4.78, 5) is 1.14. The van der Waals surface area contributed by atoms with Gasteiger partial charge in [-0.25, -0.2) is 0 Å². The highest BCUT2D eigenvalue weighted by molar-refractivity contribution is 7.98. The number of phenols is 1. The summed E-state index contributed by atoms with van der Waals surface area (Å²) in [6.45, 7) is 0.668. The molecule has 0 fully saturated rings. The lowest BCUT2D eigenvalue weighted by Gasteiger charge is -2.14. The number of benzene rings is 2. The molecule has 5 heteroatoms. The molecule has 2 rings (SSSR count). The fourth-order valence-electron chi connectivity index (χ4n) is 2.01. The van der Waals surface area contributed by atoms with Crippen molar-refractivity contribution in [2.24, 2.45) is 0 Å². The van der Waals surface area contributed by atoms with Crippen LogP contribution < -0.4 is 14.8 Å². The van der Waals surface area contributed by atoms with Gasteiger partial charge in [0.25, 0.3) is 0 Å². The molecule has 0 spiro atoms. The zero-order chi connectivity index (χ0) is 15.2. The second-order valence-electron chi connectivity index (χ2n) is 4.42. The van der Waals surface area contributed by atoms with E-state index in [1.54, 1.807) is 38.1 Å². The van der Waals surface area contributed by atoms with Crippen molar-refractivity contribution < 1.29 is 14.6 Å². The molecule has 2 aromatic carbocycles. The zero-order valence-electron chi connectivity index (χ0n) is 12.3. The molecule has 112 valence electrons. The van der Waals surface area contributed by atoms with Gasteiger partial charge in [0.15, 0.2) is 11.5 Å². The van der Waals surface area contributed by atoms with Crippen molar-refractivity contribution in [3.05, 3.63) is 42.0 Å². The van der Waals surface area contributed by atoms with Gasteiger partial charge in [-0.3, -0.25) is 0 Å². The third-order valence-corrected chi connectivity index (χ3v) is 3.96. The van der Waals surface area contributed by atoms with Crippen LogP contribution in [-0.2, 0) is 6.54 Å². The van der Waals surface area contributed by atoms with Gasteiger partial charge < -0.3 is 19.9 Å². The van der Waals surface area contributed by atoms with Crippen molar-refractivity contribution in [2.75, 3.05) is 25.8 Å². The van der Waals surface area contributed by atoms with E-state index in [4.69, 9.17) is 9.47 Å². The predicted molar refractivity (Wildman–Crippen MR) is 86.8 cm³/mol. The standard InChI is InChI=1S/C16H19NO3S/c1-19-14-8-11(16(21-3)9-15(14)20-2)10-17-12-4-6-13(18)7-5-12/h4-9,17-18H,10H2,1-3H3. The van der Waals surface area contributed by atoms with E-state index in [9.17, 15) is 5.11 Å². The van der Waals surface area contributed by atoms with Crippen LogP contribution in [-0.4, -0.2) is 25.6 Å². The van der Waals surface area contributed by atoms with E-state index in [2.05, 4.69) is 5.32 Å². The van der Waals surface area contributed by atoms with Gasteiger partial charge in [0.1, 0.15) is 5.75 Å². The Hall–Kier alpha value is -2.01. The smallest absolute Gasteiger partial charge is 0.161 e. The average molecular weight is 305 g/mol. The molecule has 0 amide bonds. The summed E-state index contributed by atoms with van der Waals surface area (Å²) < 4.78 is 10.7. The first-order chi connectivity index (χ1) is 10.2. The molecular weight excluding hydrogens is 286 g/mol. The second-order valence-corrected chi connectivity index (χ2v) is 5.27. The summed E-state index contributed by atoms with van der Waals surface area (Å²) >= 11 is 1.67. The fourth-order valence-corrected chi connectivity index (χ4v) is 2.63. The predicted octanol–water partition coefficient (Wildman–Crippen LogP) is 3.74. The number of anilines is 1. The van der Waals surface area contributed by atoms with Crippen LogP contribution in [0.1, 0.15) is 5.56 Å². The normalized spacial score (nSPS) is 10.2. The van der Waals surface area contributed by atoms with E-state index in [0.29, 0.717) is 6.54 Å². The molecule has 0 aliphatic carbocycles. The quantitative estimate of drug-likeness (QED) is 0.629. The van der Waals surface area contributed by atoms with Gasteiger partial charge in [-0.15, -0.1) is 11.8 Å². The Morgan fingerprint density at radius 1 is 1.05 bits per heavy atom. The first-order valence-corrected chi connectivity index (χ1v) is 7.72. The highest BCUT2D eigenvalue weighted by atomic mass is 32.2. The Balaban J connectivity index is 2.20. The van der Waals surface area contributed by atoms with Crippen LogP contribution in [0.15, 0.2) is 41.3 Å².